The number of rotatable bonds is 7. The van der Waals surface area contributed by atoms with E-state index in [4.69, 9.17) is 4.74 Å². The van der Waals surface area contributed by atoms with Crippen LogP contribution in [0.5, 0.6) is 0 Å². The van der Waals surface area contributed by atoms with Gasteiger partial charge in [0.25, 0.3) is 5.92 Å². The van der Waals surface area contributed by atoms with Crippen molar-refractivity contribution in [3.63, 3.8) is 0 Å². The third-order valence-corrected chi connectivity index (χ3v) is 5.48. The molecule has 0 bridgehead atoms. The maximum Gasteiger partial charge on any atom is 0.260 e. The van der Waals surface area contributed by atoms with Crippen molar-refractivity contribution in [2.75, 3.05) is 32.7 Å². The Hall–Kier alpha value is 0.0900. The monoisotopic (exact) mass is 364 g/mol. The van der Waals surface area contributed by atoms with Crippen LogP contribution in [0.3, 0.4) is 0 Å². The Bertz CT molecular complexity index is 366. The molecule has 0 aromatic carbocycles. The summed E-state index contributed by atoms with van der Waals surface area (Å²) in [6, 6.07) is 0.505. The molecule has 6 heteroatoms. The lowest BCUT2D eigenvalue weighted by molar-refractivity contribution is -0.0700. The van der Waals surface area contributed by atoms with Gasteiger partial charge in [0.05, 0.1) is 18.1 Å². The van der Waals surface area contributed by atoms with Crippen LogP contribution >= 0.6 is 12.6 Å². The first-order valence-electron chi connectivity index (χ1n) is 9.43. The molecule has 0 radical (unpaired) electrons. The van der Waals surface area contributed by atoms with Crippen molar-refractivity contribution in [1.29, 1.82) is 0 Å². The summed E-state index contributed by atoms with van der Waals surface area (Å²) in [7, 11) is 0. The molecule has 1 atom stereocenters. The van der Waals surface area contributed by atoms with Crippen LogP contribution in [0.4, 0.5) is 8.78 Å². The van der Waals surface area contributed by atoms with E-state index in [-0.39, 0.29) is 30.4 Å². The van der Waals surface area contributed by atoms with Gasteiger partial charge in [-0.15, -0.1) is 12.6 Å². The SMILES string of the molecule is CC(C)N1CCN(CC(F)(F)C[C@H]2CC[C@H](O[C@H](C)S)CC2)CC1. The molecule has 1 aliphatic carbocycles. The lowest BCUT2D eigenvalue weighted by Gasteiger charge is -2.39. The van der Waals surface area contributed by atoms with E-state index in [0.29, 0.717) is 6.04 Å². The van der Waals surface area contributed by atoms with E-state index >= 15 is 0 Å². The van der Waals surface area contributed by atoms with Gasteiger partial charge in [0.15, 0.2) is 0 Å². The van der Waals surface area contributed by atoms with E-state index in [1.807, 2.05) is 11.8 Å². The average molecular weight is 365 g/mol. The van der Waals surface area contributed by atoms with E-state index in [9.17, 15) is 8.78 Å². The molecule has 0 aromatic heterocycles. The molecular formula is C18H34F2N2OS. The molecule has 24 heavy (non-hydrogen) atoms. The third kappa shape index (κ3) is 6.77. The quantitative estimate of drug-likeness (QED) is 0.545. The van der Waals surface area contributed by atoms with Crippen LogP contribution in [0.15, 0.2) is 0 Å². The fourth-order valence-electron chi connectivity index (χ4n) is 4.00. The molecule has 0 unspecified atom stereocenters. The highest BCUT2D eigenvalue weighted by Crippen LogP contribution is 2.35. The average Bonchev–Trinajstić information content (AvgIpc) is 2.48. The van der Waals surface area contributed by atoms with Gasteiger partial charge in [-0.2, -0.15) is 0 Å². The number of nitrogens with zero attached hydrogens (tertiary/aromatic N) is 2. The zero-order valence-electron chi connectivity index (χ0n) is 15.4. The number of ether oxygens (including phenoxy) is 1. The summed E-state index contributed by atoms with van der Waals surface area (Å²) >= 11 is 4.24. The predicted molar refractivity (Wildman–Crippen MR) is 98.0 cm³/mol. The standard InChI is InChI=1S/C18H34F2N2OS/c1-14(2)22-10-8-21(9-11-22)13-18(19,20)12-16-4-6-17(7-5-16)23-15(3)24/h14-17,24H,4-13H2,1-3H3/t15-,16-,17-/m0/s1. The fraction of sp³-hybridized carbons (Fsp3) is 1.00. The second-order valence-corrected chi connectivity index (χ2v) is 8.57. The van der Waals surface area contributed by atoms with E-state index in [1.165, 1.54) is 0 Å². The first-order chi connectivity index (χ1) is 11.2. The molecule has 0 amide bonds. The number of hydrogen-bond donors (Lipinski definition) is 1. The van der Waals surface area contributed by atoms with Crippen LogP contribution in [0, 0.1) is 5.92 Å². The second-order valence-electron chi connectivity index (χ2n) is 7.84. The first kappa shape index (κ1) is 20.4. The van der Waals surface area contributed by atoms with Crippen LogP contribution in [-0.4, -0.2) is 66.0 Å². The third-order valence-electron chi connectivity index (χ3n) is 5.36. The maximum atomic E-state index is 14.5. The van der Waals surface area contributed by atoms with Gasteiger partial charge in [0.1, 0.15) is 0 Å². The molecule has 1 saturated heterocycles. The van der Waals surface area contributed by atoms with Crippen molar-refractivity contribution < 1.29 is 13.5 Å². The van der Waals surface area contributed by atoms with Gasteiger partial charge < -0.3 is 4.74 Å². The summed E-state index contributed by atoms with van der Waals surface area (Å²) in [6.45, 7) is 9.47. The fourth-order valence-corrected chi connectivity index (χ4v) is 4.17. The largest absolute Gasteiger partial charge is 0.365 e. The minimum atomic E-state index is -2.57. The van der Waals surface area contributed by atoms with Crippen LogP contribution in [0.2, 0.25) is 0 Å². The molecule has 0 N–H and O–H groups in total. The summed E-state index contributed by atoms with van der Waals surface area (Å²) in [5, 5.41) is 0. The van der Waals surface area contributed by atoms with Gasteiger partial charge in [-0.3, -0.25) is 9.80 Å². The number of hydrogen-bond acceptors (Lipinski definition) is 4. The highest BCUT2D eigenvalue weighted by Gasteiger charge is 2.37. The summed E-state index contributed by atoms with van der Waals surface area (Å²) in [6.07, 6.45) is 3.70. The van der Waals surface area contributed by atoms with E-state index in [1.54, 1.807) is 0 Å². The lowest BCUT2D eigenvalue weighted by atomic mass is 9.83. The zero-order valence-corrected chi connectivity index (χ0v) is 16.3. The Morgan fingerprint density at radius 3 is 2.12 bits per heavy atom. The molecule has 1 saturated carbocycles. The zero-order chi connectivity index (χ0) is 17.7. The molecule has 3 nitrogen and oxygen atoms in total. The Kier molecular flexibility index (Phi) is 7.78. The minimum Gasteiger partial charge on any atom is -0.365 e. The Labute approximate surface area is 151 Å². The minimum absolute atomic E-state index is 0.0283. The van der Waals surface area contributed by atoms with Crippen LogP contribution < -0.4 is 0 Å². The molecule has 0 aromatic rings. The molecule has 1 aliphatic heterocycles. The molecular weight excluding hydrogens is 330 g/mol. The van der Waals surface area contributed by atoms with E-state index in [2.05, 4.69) is 31.4 Å². The van der Waals surface area contributed by atoms with Gasteiger partial charge in [0, 0.05) is 38.6 Å². The number of alkyl halides is 2. The Morgan fingerprint density at radius 2 is 1.62 bits per heavy atom. The molecule has 2 aliphatic rings. The van der Waals surface area contributed by atoms with Crippen molar-refractivity contribution in [1.82, 2.24) is 9.80 Å². The van der Waals surface area contributed by atoms with Gasteiger partial charge in [-0.25, -0.2) is 8.78 Å². The van der Waals surface area contributed by atoms with E-state index in [0.717, 1.165) is 51.9 Å². The molecule has 2 fully saturated rings. The smallest absolute Gasteiger partial charge is 0.260 e. The second kappa shape index (κ2) is 9.15. The van der Waals surface area contributed by atoms with Crippen LogP contribution in [0.25, 0.3) is 0 Å². The van der Waals surface area contributed by atoms with Gasteiger partial charge in [-0.1, -0.05) is 0 Å². The van der Waals surface area contributed by atoms with Gasteiger partial charge in [0.2, 0.25) is 0 Å². The molecule has 1 heterocycles. The topological polar surface area (TPSA) is 15.7 Å². The Balaban J connectivity index is 1.70. The van der Waals surface area contributed by atoms with Crippen molar-refractivity contribution in [2.24, 2.45) is 5.92 Å². The summed E-state index contributed by atoms with van der Waals surface area (Å²) in [4.78, 5) is 4.30. The highest BCUT2D eigenvalue weighted by atomic mass is 32.1. The highest BCUT2D eigenvalue weighted by molar-refractivity contribution is 7.80. The predicted octanol–water partition coefficient (Wildman–Crippen LogP) is 3.89. The van der Waals surface area contributed by atoms with Crippen molar-refractivity contribution in [3.8, 4) is 0 Å². The first-order valence-corrected chi connectivity index (χ1v) is 9.94. The normalized spacial score (nSPS) is 29.1. The van der Waals surface area contributed by atoms with E-state index < -0.39 is 5.92 Å². The number of halogens is 2. The summed E-state index contributed by atoms with van der Waals surface area (Å²) in [5.41, 5.74) is -0.0718. The summed E-state index contributed by atoms with van der Waals surface area (Å²) < 4.78 is 34.6. The molecule has 2 rings (SSSR count). The summed E-state index contributed by atoms with van der Waals surface area (Å²) in [5.74, 6) is -2.44. The maximum absolute atomic E-state index is 14.5. The van der Waals surface area contributed by atoms with Crippen LogP contribution in [-0.2, 0) is 4.74 Å². The lowest BCUT2D eigenvalue weighted by Crippen LogP contribution is -2.51. The number of piperazine rings is 1. The molecule has 0 spiro atoms. The number of thiol groups is 1. The van der Waals surface area contributed by atoms with Crippen molar-refractivity contribution in [3.05, 3.63) is 0 Å². The van der Waals surface area contributed by atoms with Crippen molar-refractivity contribution >= 4 is 12.6 Å². The van der Waals surface area contributed by atoms with Gasteiger partial charge >= 0.3 is 0 Å². The molecule has 142 valence electrons. The van der Waals surface area contributed by atoms with Crippen LogP contribution in [0.1, 0.15) is 52.9 Å². The van der Waals surface area contributed by atoms with Gasteiger partial charge in [-0.05, 0) is 52.4 Å². The Morgan fingerprint density at radius 1 is 1.04 bits per heavy atom. The van der Waals surface area contributed by atoms with Crippen molar-refractivity contribution in [2.45, 2.75) is 76.4 Å².